The fourth-order valence-corrected chi connectivity index (χ4v) is 2.77. The number of benzene rings is 1. The van der Waals surface area contributed by atoms with Gasteiger partial charge in [0.05, 0.1) is 39.5 Å². The quantitative estimate of drug-likeness (QED) is 0.755. The van der Waals surface area contributed by atoms with Crippen LogP contribution in [-0.2, 0) is 9.53 Å². The van der Waals surface area contributed by atoms with Crippen molar-refractivity contribution in [2.45, 2.75) is 19.0 Å². The van der Waals surface area contributed by atoms with Gasteiger partial charge in [0.25, 0.3) is 0 Å². The molecule has 3 N–H and O–H groups in total. The maximum Gasteiger partial charge on any atom is 0.236 e. The summed E-state index contributed by atoms with van der Waals surface area (Å²) in [5.41, 5.74) is 6.70. The van der Waals surface area contributed by atoms with Crippen LogP contribution in [0, 0.1) is 0 Å². The lowest BCUT2D eigenvalue weighted by atomic mass is 10.0. The standard InChI is InChI=1S/C17H27N3O4/c1-12(18)17(21)19-11-14(20-6-8-24-9-7-20)13-4-5-15(22-2)16(10-13)23-3/h4-5,10,12,14H,6-9,11,18H2,1-3H3,(H,19,21)/t12-,14?/m1/s1. The Balaban J connectivity index is 2.22. The number of methoxy groups -OCH3 is 2. The molecule has 2 rings (SSSR count). The van der Waals surface area contributed by atoms with Crippen LogP contribution in [0.15, 0.2) is 18.2 Å². The normalized spacial score (nSPS) is 17.8. The van der Waals surface area contributed by atoms with Crippen molar-refractivity contribution in [2.75, 3.05) is 47.1 Å². The molecule has 1 heterocycles. The Bertz CT molecular complexity index is 545. The molecule has 0 radical (unpaired) electrons. The molecule has 1 aliphatic heterocycles. The molecule has 24 heavy (non-hydrogen) atoms. The first-order chi connectivity index (χ1) is 11.6. The maximum atomic E-state index is 11.9. The van der Waals surface area contributed by atoms with Gasteiger partial charge < -0.3 is 25.3 Å². The van der Waals surface area contributed by atoms with Gasteiger partial charge in [-0.2, -0.15) is 0 Å². The van der Waals surface area contributed by atoms with E-state index in [2.05, 4.69) is 10.2 Å². The number of hydrogen-bond acceptors (Lipinski definition) is 6. The van der Waals surface area contributed by atoms with Gasteiger partial charge in [0.1, 0.15) is 0 Å². The van der Waals surface area contributed by atoms with Crippen molar-refractivity contribution >= 4 is 5.91 Å². The van der Waals surface area contributed by atoms with Gasteiger partial charge in [-0.3, -0.25) is 9.69 Å². The number of amides is 1. The van der Waals surface area contributed by atoms with Crippen LogP contribution in [0.4, 0.5) is 0 Å². The predicted molar refractivity (Wildman–Crippen MR) is 91.3 cm³/mol. The Labute approximate surface area is 143 Å². The molecule has 1 aromatic carbocycles. The summed E-state index contributed by atoms with van der Waals surface area (Å²) in [6.45, 7) is 5.15. The van der Waals surface area contributed by atoms with E-state index in [1.807, 2.05) is 18.2 Å². The van der Waals surface area contributed by atoms with E-state index in [9.17, 15) is 4.79 Å². The number of ether oxygens (including phenoxy) is 3. The van der Waals surface area contributed by atoms with Gasteiger partial charge in [0.2, 0.25) is 5.91 Å². The van der Waals surface area contributed by atoms with Crippen LogP contribution in [0.5, 0.6) is 11.5 Å². The minimum atomic E-state index is -0.527. The summed E-state index contributed by atoms with van der Waals surface area (Å²) in [6.07, 6.45) is 0. The number of hydrogen-bond donors (Lipinski definition) is 2. The van der Waals surface area contributed by atoms with Gasteiger partial charge in [-0.1, -0.05) is 6.07 Å². The van der Waals surface area contributed by atoms with Crippen LogP contribution in [0.2, 0.25) is 0 Å². The van der Waals surface area contributed by atoms with Crippen LogP contribution in [-0.4, -0.2) is 63.9 Å². The Morgan fingerprint density at radius 3 is 2.54 bits per heavy atom. The molecule has 1 aromatic rings. The molecule has 1 aliphatic rings. The molecule has 1 amide bonds. The molecule has 134 valence electrons. The lowest BCUT2D eigenvalue weighted by molar-refractivity contribution is -0.122. The molecule has 7 nitrogen and oxygen atoms in total. The highest BCUT2D eigenvalue weighted by Crippen LogP contribution is 2.32. The van der Waals surface area contributed by atoms with Crippen LogP contribution >= 0.6 is 0 Å². The second-order valence-electron chi connectivity index (χ2n) is 5.81. The summed E-state index contributed by atoms with van der Waals surface area (Å²) in [6, 6.07) is 5.34. The van der Waals surface area contributed by atoms with Gasteiger partial charge in [-0.05, 0) is 24.6 Å². The monoisotopic (exact) mass is 337 g/mol. The summed E-state index contributed by atoms with van der Waals surface area (Å²) >= 11 is 0. The third-order valence-corrected chi connectivity index (χ3v) is 4.16. The molecule has 0 spiro atoms. The van der Waals surface area contributed by atoms with Gasteiger partial charge in [0.15, 0.2) is 11.5 Å². The molecule has 0 aliphatic carbocycles. The highest BCUT2D eigenvalue weighted by atomic mass is 16.5. The third-order valence-electron chi connectivity index (χ3n) is 4.16. The number of morpholine rings is 1. The zero-order chi connectivity index (χ0) is 17.5. The molecule has 2 atom stereocenters. The van der Waals surface area contributed by atoms with E-state index in [1.54, 1.807) is 21.1 Å². The van der Waals surface area contributed by atoms with Crippen molar-refractivity contribution in [1.29, 1.82) is 0 Å². The zero-order valence-electron chi connectivity index (χ0n) is 14.6. The van der Waals surface area contributed by atoms with E-state index in [4.69, 9.17) is 19.9 Å². The summed E-state index contributed by atoms with van der Waals surface area (Å²) in [5, 5.41) is 2.93. The van der Waals surface area contributed by atoms with E-state index >= 15 is 0 Å². The van der Waals surface area contributed by atoms with Gasteiger partial charge >= 0.3 is 0 Å². The number of carbonyl (C=O) groups excluding carboxylic acids is 1. The van der Waals surface area contributed by atoms with E-state index in [1.165, 1.54) is 0 Å². The van der Waals surface area contributed by atoms with Gasteiger partial charge in [-0.25, -0.2) is 0 Å². The molecule has 0 bridgehead atoms. The highest BCUT2D eigenvalue weighted by Gasteiger charge is 2.24. The zero-order valence-corrected chi connectivity index (χ0v) is 14.6. The second kappa shape index (κ2) is 8.86. The minimum Gasteiger partial charge on any atom is -0.493 e. The van der Waals surface area contributed by atoms with E-state index < -0.39 is 6.04 Å². The third kappa shape index (κ3) is 4.59. The topological polar surface area (TPSA) is 86.0 Å². The largest absolute Gasteiger partial charge is 0.493 e. The Morgan fingerprint density at radius 2 is 1.96 bits per heavy atom. The summed E-state index contributed by atoms with van der Waals surface area (Å²) < 4.78 is 16.1. The van der Waals surface area contributed by atoms with E-state index in [0.717, 1.165) is 18.7 Å². The Morgan fingerprint density at radius 1 is 1.29 bits per heavy atom. The van der Waals surface area contributed by atoms with Crippen molar-refractivity contribution in [3.8, 4) is 11.5 Å². The first kappa shape index (κ1) is 18.5. The molecule has 0 saturated carbocycles. The molecular weight excluding hydrogens is 310 g/mol. The Kier molecular flexibility index (Phi) is 6.84. The SMILES string of the molecule is COc1ccc(C(CNC(=O)[C@@H](C)N)N2CCOCC2)cc1OC. The first-order valence-electron chi connectivity index (χ1n) is 8.13. The van der Waals surface area contributed by atoms with Crippen LogP contribution < -0.4 is 20.5 Å². The lowest BCUT2D eigenvalue weighted by Crippen LogP contribution is -2.46. The average Bonchev–Trinajstić information content (AvgIpc) is 2.62. The number of nitrogens with zero attached hydrogens (tertiary/aromatic N) is 1. The summed E-state index contributed by atoms with van der Waals surface area (Å²) in [7, 11) is 3.23. The summed E-state index contributed by atoms with van der Waals surface area (Å²) in [5.74, 6) is 1.20. The number of nitrogens with one attached hydrogen (secondary N) is 1. The molecule has 0 aromatic heterocycles. The van der Waals surface area contributed by atoms with Crippen molar-refractivity contribution in [3.63, 3.8) is 0 Å². The highest BCUT2D eigenvalue weighted by molar-refractivity contribution is 5.81. The van der Waals surface area contributed by atoms with Crippen molar-refractivity contribution in [3.05, 3.63) is 23.8 Å². The summed E-state index contributed by atoms with van der Waals surface area (Å²) in [4.78, 5) is 14.2. The number of carbonyl (C=O) groups is 1. The molecule has 1 fully saturated rings. The number of nitrogens with two attached hydrogens (primary N) is 1. The van der Waals surface area contributed by atoms with Crippen molar-refractivity contribution in [1.82, 2.24) is 10.2 Å². The van der Waals surface area contributed by atoms with Gasteiger partial charge in [-0.15, -0.1) is 0 Å². The first-order valence-corrected chi connectivity index (χ1v) is 8.13. The molecule has 7 heteroatoms. The average molecular weight is 337 g/mol. The second-order valence-corrected chi connectivity index (χ2v) is 5.81. The van der Waals surface area contributed by atoms with Crippen molar-refractivity contribution in [2.24, 2.45) is 5.73 Å². The fourth-order valence-electron chi connectivity index (χ4n) is 2.77. The van der Waals surface area contributed by atoms with Gasteiger partial charge in [0, 0.05) is 19.6 Å². The smallest absolute Gasteiger partial charge is 0.236 e. The van der Waals surface area contributed by atoms with Crippen molar-refractivity contribution < 1.29 is 19.0 Å². The molecular formula is C17H27N3O4. The van der Waals surface area contributed by atoms with Crippen LogP contribution in [0.1, 0.15) is 18.5 Å². The Hall–Kier alpha value is -1.83. The van der Waals surface area contributed by atoms with E-state index in [-0.39, 0.29) is 11.9 Å². The predicted octanol–water partition coefficient (Wildman–Crippen LogP) is 0.541. The molecule has 1 unspecified atom stereocenters. The fraction of sp³-hybridized carbons (Fsp3) is 0.588. The van der Waals surface area contributed by atoms with Crippen LogP contribution in [0.25, 0.3) is 0 Å². The number of rotatable bonds is 7. The lowest BCUT2D eigenvalue weighted by Gasteiger charge is -2.35. The molecule has 1 saturated heterocycles. The maximum absolute atomic E-state index is 11.9. The van der Waals surface area contributed by atoms with E-state index in [0.29, 0.717) is 31.3 Å². The minimum absolute atomic E-state index is 0.0245. The van der Waals surface area contributed by atoms with Crippen LogP contribution in [0.3, 0.4) is 0 Å².